The average molecular weight is 461 g/mol. The molecule has 1 aromatic rings. The lowest BCUT2D eigenvalue weighted by Crippen LogP contribution is -2.52. The van der Waals surface area contributed by atoms with Crippen molar-refractivity contribution in [2.45, 2.75) is 57.4 Å². The fraction of sp³-hybridized carbons (Fsp3) is 0.542. The molecule has 9 nitrogen and oxygen atoms in total. The molecule has 0 aromatic heterocycles. The zero-order valence-electron chi connectivity index (χ0n) is 19.5. The van der Waals surface area contributed by atoms with Gasteiger partial charge in [-0.3, -0.25) is 9.69 Å². The number of nitrogens with zero attached hydrogens (tertiary/aromatic N) is 1. The minimum absolute atomic E-state index is 0.209. The highest BCUT2D eigenvalue weighted by Gasteiger charge is 2.43. The fourth-order valence-corrected chi connectivity index (χ4v) is 3.72. The van der Waals surface area contributed by atoms with Crippen LogP contribution in [0.5, 0.6) is 5.75 Å². The van der Waals surface area contributed by atoms with Crippen molar-refractivity contribution in [3.8, 4) is 5.75 Å². The highest BCUT2D eigenvalue weighted by molar-refractivity contribution is 5.90. The van der Waals surface area contributed by atoms with E-state index in [4.69, 9.17) is 18.9 Å². The molecule has 3 aliphatic rings. The van der Waals surface area contributed by atoms with E-state index in [9.17, 15) is 14.4 Å². The molecule has 0 saturated carbocycles. The van der Waals surface area contributed by atoms with Crippen LogP contribution in [0.3, 0.4) is 0 Å². The normalized spacial score (nSPS) is 24.9. The number of amides is 2. The molecule has 0 unspecified atom stereocenters. The van der Waals surface area contributed by atoms with Gasteiger partial charge in [-0.2, -0.15) is 0 Å². The largest absolute Gasteiger partial charge is 0.490 e. The molecule has 0 aliphatic carbocycles. The second-order valence-corrected chi connectivity index (χ2v) is 9.05. The SMILES string of the molecule is COC(=O)[C@@H]1Cc2ccc(cc2)OC/C=C/CO[C@H]2C[C@@H](C(=O)N1)N(C(=O)OC(C)(C)C)C2. The van der Waals surface area contributed by atoms with E-state index < -0.39 is 35.7 Å². The summed E-state index contributed by atoms with van der Waals surface area (Å²) in [4.78, 5) is 39.8. The first-order chi connectivity index (χ1) is 15.7. The number of nitrogens with one attached hydrogen (secondary N) is 1. The lowest BCUT2D eigenvalue weighted by Gasteiger charge is -2.28. The summed E-state index contributed by atoms with van der Waals surface area (Å²) in [7, 11) is 1.27. The molecule has 0 spiro atoms. The molecule has 1 saturated heterocycles. The first kappa shape index (κ1) is 24.6. The third kappa shape index (κ3) is 6.95. The van der Waals surface area contributed by atoms with Gasteiger partial charge in [-0.1, -0.05) is 18.2 Å². The number of methoxy groups -OCH3 is 1. The third-order valence-corrected chi connectivity index (χ3v) is 5.30. The second-order valence-electron chi connectivity index (χ2n) is 9.05. The van der Waals surface area contributed by atoms with E-state index in [1.165, 1.54) is 12.0 Å². The van der Waals surface area contributed by atoms with Crippen LogP contribution in [0, 0.1) is 0 Å². The van der Waals surface area contributed by atoms with Crippen LogP contribution in [0.1, 0.15) is 32.8 Å². The standard InChI is InChI=1S/C24H32N2O7/c1-24(2,3)33-23(29)26-15-18-14-20(26)21(27)25-19(22(28)30-4)13-16-7-9-17(10-8-16)31-11-5-6-12-32-18/h5-10,18-20H,11-15H2,1-4H3,(H,25,27)/b6-5+/t18-,19-,20-/m0/s1. The zero-order valence-corrected chi connectivity index (χ0v) is 19.5. The molecule has 3 aliphatic heterocycles. The highest BCUT2D eigenvalue weighted by Crippen LogP contribution is 2.24. The summed E-state index contributed by atoms with van der Waals surface area (Å²) in [6, 6.07) is 5.54. The first-order valence-electron chi connectivity index (χ1n) is 11.0. The predicted molar refractivity (Wildman–Crippen MR) is 120 cm³/mol. The Bertz CT molecular complexity index is 876. The highest BCUT2D eigenvalue weighted by atomic mass is 16.6. The number of ether oxygens (including phenoxy) is 4. The van der Waals surface area contributed by atoms with Gasteiger partial charge in [0.15, 0.2) is 0 Å². The van der Waals surface area contributed by atoms with Crippen LogP contribution in [-0.4, -0.2) is 73.5 Å². The lowest BCUT2D eigenvalue weighted by molar-refractivity contribution is -0.145. The van der Waals surface area contributed by atoms with E-state index in [0.717, 1.165) is 5.56 Å². The number of carbonyl (C=O) groups excluding carboxylic acids is 3. The molecular formula is C24H32N2O7. The van der Waals surface area contributed by atoms with E-state index >= 15 is 0 Å². The van der Waals surface area contributed by atoms with Crippen LogP contribution in [0.15, 0.2) is 36.4 Å². The van der Waals surface area contributed by atoms with Crippen molar-refractivity contribution in [2.75, 3.05) is 26.9 Å². The molecule has 1 N–H and O–H groups in total. The Kier molecular flexibility index (Phi) is 7.97. The van der Waals surface area contributed by atoms with Crippen molar-refractivity contribution in [1.29, 1.82) is 0 Å². The summed E-state index contributed by atoms with van der Waals surface area (Å²) >= 11 is 0. The Balaban J connectivity index is 1.86. The van der Waals surface area contributed by atoms with Crippen molar-refractivity contribution >= 4 is 18.0 Å². The fourth-order valence-electron chi connectivity index (χ4n) is 3.72. The maximum Gasteiger partial charge on any atom is 0.411 e. The Morgan fingerprint density at radius 1 is 1.12 bits per heavy atom. The number of hydrogen-bond acceptors (Lipinski definition) is 7. The van der Waals surface area contributed by atoms with Crippen LogP contribution >= 0.6 is 0 Å². The maximum absolute atomic E-state index is 13.2. The number of benzene rings is 1. The first-order valence-corrected chi connectivity index (χ1v) is 11.0. The molecule has 0 radical (unpaired) electrons. The zero-order chi connectivity index (χ0) is 24.0. The van der Waals surface area contributed by atoms with Gasteiger partial charge in [-0.15, -0.1) is 0 Å². The summed E-state index contributed by atoms with van der Waals surface area (Å²) < 4.78 is 22.0. The van der Waals surface area contributed by atoms with E-state index in [1.807, 2.05) is 24.3 Å². The molecule has 9 heteroatoms. The molecule has 33 heavy (non-hydrogen) atoms. The monoisotopic (exact) mass is 460 g/mol. The second kappa shape index (κ2) is 10.7. The van der Waals surface area contributed by atoms with Gasteiger partial charge in [-0.05, 0) is 44.5 Å². The summed E-state index contributed by atoms with van der Waals surface area (Å²) in [6.45, 7) is 6.19. The smallest absolute Gasteiger partial charge is 0.411 e. The van der Waals surface area contributed by atoms with Gasteiger partial charge in [0.2, 0.25) is 5.91 Å². The van der Waals surface area contributed by atoms with Crippen LogP contribution in [0.25, 0.3) is 0 Å². The number of hydrogen-bond donors (Lipinski definition) is 1. The molecule has 2 amide bonds. The number of fused-ring (bicyclic) bond motifs is 9. The average Bonchev–Trinajstić information content (AvgIpc) is 3.19. The summed E-state index contributed by atoms with van der Waals surface area (Å²) in [5.74, 6) is -0.332. The quantitative estimate of drug-likeness (QED) is 0.506. The topological polar surface area (TPSA) is 103 Å². The van der Waals surface area contributed by atoms with Crippen molar-refractivity contribution in [1.82, 2.24) is 10.2 Å². The van der Waals surface area contributed by atoms with Crippen LogP contribution in [0.2, 0.25) is 0 Å². The lowest BCUT2D eigenvalue weighted by atomic mass is 10.0. The molecule has 4 bridgehead atoms. The van der Waals surface area contributed by atoms with Crippen molar-refractivity contribution in [3.63, 3.8) is 0 Å². The van der Waals surface area contributed by atoms with Crippen molar-refractivity contribution in [3.05, 3.63) is 42.0 Å². The predicted octanol–water partition coefficient (Wildman–Crippen LogP) is 2.23. The van der Waals surface area contributed by atoms with Crippen LogP contribution in [0.4, 0.5) is 4.79 Å². The van der Waals surface area contributed by atoms with Crippen molar-refractivity contribution < 1.29 is 33.3 Å². The molecular weight excluding hydrogens is 428 g/mol. The van der Waals surface area contributed by atoms with E-state index in [2.05, 4.69) is 5.32 Å². The molecule has 1 aromatic carbocycles. The summed E-state index contributed by atoms with van der Waals surface area (Å²) in [5, 5.41) is 2.76. The van der Waals surface area contributed by atoms with E-state index in [-0.39, 0.29) is 25.5 Å². The minimum atomic E-state index is -0.910. The molecule has 180 valence electrons. The molecule has 3 heterocycles. The van der Waals surface area contributed by atoms with Crippen molar-refractivity contribution in [2.24, 2.45) is 0 Å². The Hall–Kier alpha value is -3.07. The van der Waals surface area contributed by atoms with Gasteiger partial charge in [-0.25, -0.2) is 9.59 Å². The number of likely N-dealkylation sites (tertiary alicyclic amines) is 1. The molecule has 3 atom stereocenters. The number of rotatable bonds is 1. The van der Waals surface area contributed by atoms with E-state index in [0.29, 0.717) is 19.0 Å². The number of esters is 1. The summed E-state index contributed by atoms with van der Waals surface area (Å²) in [6.07, 6.45) is 3.26. The number of carbonyl (C=O) groups is 3. The Morgan fingerprint density at radius 2 is 1.82 bits per heavy atom. The van der Waals surface area contributed by atoms with Gasteiger partial charge < -0.3 is 24.3 Å². The van der Waals surface area contributed by atoms with Crippen LogP contribution < -0.4 is 10.1 Å². The maximum atomic E-state index is 13.2. The van der Waals surface area contributed by atoms with Gasteiger partial charge in [0.05, 0.1) is 26.4 Å². The minimum Gasteiger partial charge on any atom is -0.490 e. The van der Waals surface area contributed by atoms with Crippen LogP contribution in [-0.2, 0) is 30.2 Å². The van der Waals surface area contributed by atoms with E-state index in [1.54, 1.807) is 32.9 Å². The third-order valence-electron chi connectivity index (χ3n) is 5.30. The van der Waals surface area contributed by atoms with Gasteiger partial charge in [0.25, 0.3) is 0 Å². The summed E-state index contributed by atoms with van der Waals surface area (Å²) in [5.41, 5.74) is 0.114. The van der Waals surface area contributed by atoms with Gasteiger partial charge in [0.1, 0.15) is 30.0 Å². The van der Waals surface area contributed by atoms with Gasteiger partial charge in [0, 0.05) is 12.8 Å². The van der Waals surface area contributed by atoms with Gasteiger partial charge >= 0.3 is 12.1 Å². The Morgan fingerprint density at radius 3 is 2.48 bits per heavy atom. The Labute approximate surface area is 194 Å². The molecule has 4 rings (SSSR count). The molecule has 1 fully saturated rings.